The van der Waals surface area contributed by atoms with E-state index in [4.69, 9.17) is 14.2 Å². The van der Waals surface area contributed by atoms with Crippen LogP contribution < -0.4 is 15.4 Å². The van der Waals surface area contributed by atoms with E-state index >= 15 is 0 Å². The summed E-state index contributed by atoms with van der Waals surface area (Å²) < 4.78 is 16.6. The van der Waals surface area contributed by atoms with Crippen molar-refractivity contribution in [3.8, 4) is 5.75 Å². The van der Waals surface area contributed by atoms with Gasteiger partial charge >= 0.3 is 5.97 Å². The molecule has 9 nitrogen and oxygen atoms in total. The van der Waals surface area contributed by atoms with E-state index in [0.717, 1.165) is 0 Å². The summed E-state index contributed by atoms with van der Waals surface area (Å²) in [5, 5.41) is 15.4. The highest BCUT2D eigenvalue weighted by atomic mass is 16.7. The van der Waals surface area contributed by atoms with Crippen LogP contribution in [0.4, 0.5) is 5.69 Å². The zero-order chi connectivity index (χ0) is 22.1. The van der Waals surface area contributed by atoms with Crippen LogP contribution >= 0.6 is 0 Å². The molecule has 1 aliphatic heterocycles. The number of aliphatic hydroxyl groups excluding tert-OH is 1. The lowest BCUT2D eigenvalue weighted by atomic mass is 10.1. The van der Waals surface area contributed by atoms with Crippen LogP contribution in [0.3, 0.4) is 0 Å². The smallest absolute Gasteiger partial charge is 0.302 e. The minimum absolute atomic E-state index is 0.0563. The Morgan fingerprint density at radius 2 is 2.00 bits per heavy atom. The van der Waals surface area contributed by atoms with Crippen molar-refractivity contribution in [1.29, 1.82) is 0 Å². The van der Waals surface area contributed by atoms with Gasteiger partial charge in [-0.05, 0) is 31.0 Å². The van der Waals surface area contributed by atoms with Crippen LogP contribution in [-0.2, 0) is 30.5 Å². The second-order valence-electron chi connectivity index (χ2n) is 7.23. The molecule has 1 aromatic rings. The average Bonchev–Trinajstić information content (AvgIpc) is 2.67. The molecule has 166 valence electrons. The van der Waals surface area contributed by atoms with Crippen molar-refractivity contribution in [3.05, 3.63) is 23.8 Å². The SMILES string of the molecule is CCC(=O)NCCC(=O)Nc1cc(COC(C)=O)ccc1OC1C[C@@H](O)CC(C)O1. The Kier molecular flexibility index (Phi) is 9.07. The van der Waals surface area contributed by atoms with Crippen LogP contribution in [0.15, 0.2) is 18.2 Å². The summed E-state index contributed by atoms with van der Waals surface area (Å²) in [4.78, 5) is 34.7. The molecule has 0 aromatic heterocycles. The second kappa shape index (κ2) is 11.5. The first-order valence-corrected chi connectivity index (χ1v) is 10.1. The molecule has 0 aliphatic carbocycles. The Balaban J connectivity index is 2.09. The summed E-state index contributed by atoms with van der Waals surface area (Å²) in [5.41, 5.74) is 1.06. The molecule has 1 aliphatic rings. The van der Waals surface area contributed by atoms with Gasteiger partial charge < -0.3 is 30.0 Å². The number of rotatable bonds is 9. The number of aliphatic hydroxyl groups is 1. The molecule has 9 heteroatoms. The molecule has 1 saturated heterocycles. The molecule has 30 heavy (non-hydrogen) atoms. The minimum Gasteiger partial charge on any atom is -0.463 e. The minimum atomic E-state index is -0.650. The molecule has 1 aromatic carbocycles. The Hall–Kier alpha value is -2.65. The highest BCUT2D eigenvalue weighted by Gasteiger charge is 2.28. The first kappa shape index (κ1) is 23.6. The van der Waals surface area contributed by atoms with Crippen molar-refractivity contribution in [2.24, 2.45) is 0 Å². The number of benzene rings is 1. The van der Waals surface area contributed by atoms with Crippen LogP contribution in [0, 0.1) is 0 Å². The van der Waals surface area contributed by atoms with Crippen molar-refractivity contribution in [1.82, 2.24) is 5.32 Å². The summed E-state index contributed by atoms with van der Waals surface area (Å²) >= 11 is 0. The highest BCUT2D eigenvalue weighted by molar-refractivity contribution is 5.92. The van der Waals surface area contributed by atoms with Crippen LogP contribution in [0.2, 0.25) is 0 Å². The third kappa shape index (κ3) is 8.00. The first-order valence-electron chi connectivity index (χ1n) is 10.1. The molecule has 3 N–H and O–H groups in total. The molecule has 0 radical (unpaired) electrons. The largest absolute Gasteiger partial charge is 0.463 e. The van der Waals surface area contributed by atoms with Crippen molar-refractivity contribution in [2.75, 3.05) is 11.9 Å². The number of carbonyl (C=O) groups excluding carboxylic acids is 3. The number of carbonyl (C=O) groups is 3. The van der Waals surface area contributed by atoms with Crippen molar-refractivity contribution in [3.63, 3.8) is 0 Å². The van der Waals surface area contributed by atoms with Gasteiger partial charge in [0.2, 0.25) is 18.1 Å². The fraction of sp³-hybridized carbons (Fsp3) is 0.571. The number of nitrogens with one attached hydrogen (secondary N) is 2. The maximum absolute atomic E-state index is 12.3. The molecule has 3 atom stereocenters. The molecule has 2 amide bonds. The highest BCUT2D eigenvalue weighted by Crippen LogP contribution is 2.30. The van der Waals surface area contributed by atoms with E-state index in [1.54, 1.807) is 25.1 Å². The third-order valence-electron chi connectivity index (χ3n) is 4.47. The van der Waals surface area contributed by atoms with Crippen LogP contribution in [0.25, 0.3) is 0 Å². The first-order chi connectivity index (χ1) is 14.3. The van der Waals surface area contributed by atoms with Gasteiger partial charge in [0.05, 0.1) is 17.9 Å². The quantitative estimate of drug-likeness (QED) is 0.519. The van der Waals surface area contributed by atoms with Crippen molar-refractivity contribution in [2.45, 2.75) is 71.6 Å². The van der Waals surface area contributed by atoms with Gasteiger partial charge in [0, 0.05) is 32.7 Å². The Morgan fingerprint density at radius 1 is 1.23 bits per heavy atom. The molecule has 2 unspecified atom stereocenters. The van der Waals surface area contributed by atoms with E-state index in [1.807, 2.05) is 6.92 Å². The van der Waals surface area contributed by atoms with Gasteiger partial charge in [-0.15, -0.1) is 0 Å². The number of ether oxygens (including phenoxy) is 3. The van der Waals surface area contributed by atoms with Crippen molar-refractivity contribution >= 4 is 23.5 Å². The molecule has 2 rings (SSSR count). The Bertz CT molecular complexity index is 743. The van der Waals surface area contributed by atoms with E-state index in [1.165, 1.54) is 6.92 Å². The van der Waals surface area contributed by atoms with Gasteiger partial charge in [-0.25, -0.2) is 0 Å². The topological polar surface area (TPSA) is 123 Å². The second-order valence-corrected chi connectivity index (χ2v) is 7.23. The monoisotopic (exact) mass is 422 g/mol. The summed E-state index contributed by atoms with van der Waals surface area (Å²) in [7, 11) is 0. The zero-order valence-electron chi connectivity index (χ0n) is 17.6. The van der Waals surface area contributed by atoms with Gasteiger partial charge in [-0.2, -0.15) is 0 Å². The Morgan fingerprint density at radius 3 is 2.67 bits per heavy atom. The molecular weight excluding hydrogens is 392 g/mol. The number of hydrogen-bond acceptors (Lipinski definition) is 7. The predicted octanol–water partition coefficient (Wildman–Crippen LogP) is 1.87. The summed E-state index contributed by atoms with van der Waals surface area (Å²) in [6.07, 6.45) is -0.0325. The maximum Gasteiger partial charge on any atom is 0.302 e. The summed E-state index contributed by atoms with van der Waals surface area (Å²) in [6.45, 7) is 5.18. The number of amides is 2. The lowest BCUT2D eigenvalue weighted by molar-refractivity contribution is -0.169. The fourth-order valence-electron chi connectivity index (χ4n) is 2.99. The summed E-state index contributed by atoms with van der Waals surface area (Å²) in [6, 6.07) is 5.03. The normalized spacial score (nSPS) is 20.9. The predicted molar refractivity (Wildman–Crippen MR) is 109 cm³/mol. The van der Waals surface area contributed by atoms with Crippen LogP contribution in [0.1, 0.15) is 52.0 Å². The maximum atomic E-state index is 12.3. The number of anilines is 1. The van der Waals surface area contributed by atoms with Gasteiger partial charge in [-0.3, -0.25) is 14.4 Å². The molecule has 1 heterocycles. The van der Waals surface area contributed by atoms with E-state index in [9.17, 15) is 19.5 Å². The van der Waals surface area contributed by atoms with Gasteiger partial charge in [0.1, 0.15) is 12.4 Å². The van der Waals surface area contributed by atoms with E-state index in [2.05, 4.69) is 10.6 Å². The molecule has 0 saturated carbocycles. The summed E-state index contributed by atoms with van der Waals surface area (Å²) in [5.74, 6) is -0.471. The Labute approximate surface area is 176 Å². The number of esters is 1. The zero-order valence-corrected chi connectivity index (χ0v) is 17.6. The molecule has 1 fully saturated rings. The van der Waals surface area contributed by atoms with E-state index < -0.39 is 18.4 Å². The fourth-order valence-corrected chi connectivity index (χ4v) is 2.99. The van der Waals surface area contributed by atoms with Gasteiger partial charge in [-0.1, -0.05) is 13.0 Å². The lowest BCUT2D eigenvalue weighted by Gasteiger charge is -2.31. The van der Waals surface area contributed by atoms with Gasteiger partial charge in [0.15, 0.2) is 0 Å². The van der Waals surface area contributed by atoms with Crippen molar-refractivity contribution < 1.29 is 33.7 Å². The average molecular weight is 422 g/mol. The van der Waals surface area contributed by atoms with E-state index in [-0.39, 0.29) is 37.5 Å². The molecule has 0 spiro atoms. The van der Waals surface area contributed by atoms with Crippen LogP contribution in [-0.4, -0.2) is 47.9 Å². The lowest BCUT2D eigenvalue weighted by Crippen LogP contribution is -2.37. The third-order valence-corrected chi connectivity index (χ3v) is 4.47. The molecular formula is C21H30N2O7. The standard InChI is InChI=1S/C21H30N2O7/c1-4-19(26)22-8-7-20(27)23-17-10-15(12-28-14(3)24)5-6-18(17)30-21-11-16(25)9-13(2)29-21/h5-6,10,13,16,21,25H,4,7-9,11-12H2,1-3H3,(H,22,26)(H,23,27)/t13?,16-,21?/m0/s1. The molecule has 0 bridgehead atoms. The van der Waals surface area contributed by atoms with E-state index in [0.29, 0.717) is 36.3 Å². The van der Waals surface area contributed by atoms with Crippen LogP contribution in [0.5, 0.6) is 5.75 Å². The number of hydrogen-bond donors (Lipinski definition) is 3. The van der Waals surface area contributed by atoms with Gasteiger partial charge in [0.25, 0.3) is 0 Å².